The molecule has 0 saturated carbocycles. The van der Waals surface area contributed by atoms with Crippen LogP contribution in [0.15, 0.2) is 91.3 Å². The van der Waals surface area contributed by atoms with Crippen molar-refractivity contribution >= 4 is 22.5 Å². The van der Waals surface area contributed by atoms with Gasteiger partial charge in [-0.3, -0.25) is 19.9 Å². The zero-order chi connectivity index (χ0) is 26.8. The second-order valence-electron chi connectivity index (χ2n) is 9.51. The molecular formula is C31H28N4O3. The summed E-state index contributed by atoms with van der Waals surface area (Å²) in [7, 11) is 0. The van der Waals surface area contributed by atoms with Gasteiger partial charge in [-0.1, -0.05) is 42.5 Å². The van der Waals surface area contributed by atoms with Crippen LogP contribution in [0.2, 0.25) is 0 Å². The third-order valence-electron chi connectivity index (χ3n) is 7.14. The summed E-state index contributed by atoms with van der Waals surface area (Å²) in [4.78, 5) is 27.7. The van der Waals surface area contributed by atoms with Crippen molar-refractivity contribution in [2.45, 2.75) is 33.4 Å². The van der Waals surface area contributed by atoms with E-state index in [4.69, 9.17) is 0 Å². The molecule has 0 radical (unpaired) electrons. The van der Waals surface area contributed by atoms with Crippen LogP contribution in [0.1, 0.15) is 45.7 Å². The number of benzene rings is 3. The largest absolute Gasteiger partial charge is 0.346 e. The Morgan fingerprint density at radius 2 is 1.74 bits per heavy atom. The number of non-ortho nitro benzene ring substituents is 1. The van der Waals surface area contributed by atoms with Crippen molar-refractivity contribution in [2.75, 3.05) is 0 Å². The first-order chi connectivity index (χ1) is 18.3. The molecule has 38 heavy (non-hydrogen) atoms. The lowest BCUT2D eigenvalue weighted by molar-refractivity contribution is -0.384. The lowest BCUT2D eigenvalue weighted by Gasteiger charge is -2.14. The van der Waals surface area contributed by atoms with E-state index in [1.54, 1.807) is 18.3 Å². The number of aryl methyl sites for hydroxylation is 1. The van der Waals surface area contributed by atoms with Crippen LogP contribution in [0.25, 0.3) is 22.0 Å². The molecule has 190 valence electrons. The maximum absolute atomic E-state index is 13.1. The summed E-state index contributed by atoms with van der Waals surface area (Å²) in [5.74, 6) is -0.187. The number of rotatable bonds is 7. The van der Waals surface area contributed by atoms with E-state index in [2.05, 4.69) is 59.0 Å². The number of pyridine rings is 1. The van der Waals surface area contributed by atoms with Gasteiger partial charge in [0, 0.05) is 53.2 Å². The van der Waals surface area contributed by atoms with Crippen LogP contribution in [0, 0.1) is 24.0 Å². The molecule has 7 nitrogen and oxygen atoms in total. The number of nitrogens with zero attached hydrogens (tertiary/aromatic N) is 3. The van der Waals surface area contributed by atoms with Crippen LogP contribution >= 0.6 is 0 Å². The zero-order valence-corrected chi connectivity index (χ0v) is 21.5. The van der Waals surface area contributed by atoms with Gasteiger partial charge in [0.1, 0.15) is 0 Å². The average Bonchev–Trinajstić information content (AvgIpc) is 3.18. The first-order valence-corrected chi connectivity index (χ1v) is 12.5. The maximum Gasteiger partial charge on any atom is 0.269 e. The van der Waals surface area contributed by atoms with E-state index in [-0.39, 0.29) is 17.6 Å². The number of hydrogen-bond acceptors (Lipinski definition) is 4. The van der Waals surface area contributed by atoms with Crippen molar-refractivity contribution in [1.82, 2.24) is 14.9 Å². The smallest absolute Gasteiger partial charge is 0.269 e. The zero-order valence-electron chi connectivity index (χ0n) is 21.5. The molecule has 0 aliphatic rings. The number of carbonyl (C=O) groups is 1. The molecule has 1 amide bonds. The fourth-order valence-corrected chi connectivity index (χ4v) is 4.76. The number of fused-ring (bicyclic) bond motifs is 1. The lowest BCUT2D eigenvalue weighted by atomic mass is 10.1. The van der Waals surface area contributed by atoms with Gasteiger partial charge in [-0.25, -0.2) is 0 Å². The Hall–Kier alpha value is -4.78. The van der Waals surface area contributed by atoms with Crippen LogP contribution in [0.5, 0.6) is 0 Å². The minimum absolute atomic E-state index is 0.0255. The van der Waals surface area contributed by atoms with Gasteiger partial charge in [0.05, 0.1) is 11.0 Å². The highest BCUT2D eigenvalue weighted by molar-refractivity contribution is 5.99. The monoisotopic (exact) mass is 504 g/mol. The van der Waals surface area contributed by atoms with E-state index in [0.29, 0.717) is 5.56 Å². The van der Waals surface area contributed by atoms with Crippen LogP contribution < -0.4 is 5.32 Å². The van der Waals surface area contributed by atoms with Gasteiger partial charge >= 0.3 is 0 Å². The third kappa shape index (κ3) is 4.91. The summed E-state index contributed by atoms with van der Waals surface area (Å²) in [5.41, 5.74) is 8.20. The molecule has 5 rings (SSSR count). The fraction of sp³-hybridized carbons (Fsp3) is 0.161. The van der Waals surface area contributed by atoms with Crippen LogP contribution in [-0.2, 0) is 6.54 Å². The van der Waals surface area contributed by atoms with Gasteiger partial charge in [-0.15, -0.1) is 0 Å². The quantitative estimate of drug-likeness (QED) is 0.196. The number of carbonyl (C=O) groups excluding carboxylic acids is 1. The highest BCUT2D eigenvalue weighted by atomic mass is 16.6. The predicted octanol–water partition coefficient (Wildman–Crippen LogP) is 6.77. The van der Waals surface area contributed by atoms with E-state index in [9.17, 15) is 14.9 Å². The summed E-state index contributed by atoms with van der Waals surface area (Å²) >= 11 is 0. The highest BCUT2D eigenvalue weighted by Crippen LogP contribution is 2.28. The van der Waals surface area contributed by atoms with E-state index in [0.717, 1.165) is 45.4 Å². The first-order valence-electron chi connectivity index (χ1n) is 12.5. The third-order valence-corrected chi connectivity index (χ3v) is 7.14. The summed E-state index contributed by atoms with van der Waals surface area (Å²) in [6.07, 6.45) is 3.64. The summed E-state index contributed by atoms with van der Waals surface area (Å²) < 4.78 is 2.28. The lowest BCUT2D eigenvalue weighted by Crippen LogP contribution is -2.26. The molecule has 0 fully saturated rings. The number of hydrogen-bond donors (Lipinski definition) is 1. The first kappa shape index (κ1) is 24.9. The van der Waals surface area contributed by atoms with Crippen LogP contribution in [0.3, 0.4) is 0 Å². The normalized spacial score (nSPS) is 11.9. The van der Waals surface area contributed by atoms with Gasteiger partial charge in [0.2, 0.25) is 0 Å². The molecule has 7 heteroatoms. The Kier molecular flexibility index (Phi) is 6.75. The Morgan fingerprint density at radius 1 is 1.00 bits per heavy atom. The number of nitro groups is 1. The average molecular weight is 505 g/mol. The van der Waals surface area contributed by atoms with Crippen LogP contribution in [-0.4, -0.2) is 20.4 Å². The van der Waals surface area contributed by atoms with Gasteiger partial charge < -0.3 is 9.88 Å². The standard InChI is InChI=1S/C31H28N4O3/c1-20-22(3)34(19-23-6-8-25(9-7-23)27-5-4-16-32-18-27)30-15-12-26(17-29(20)30)31(36)33-21(2)24-10-13-28(14-11-24)35(37)38/h4-18,21H,19H2,1-3H3,(H,33,36). The molecule has 1 N–H and O–H groups in total. The van der Waals surface area contributed by atoms with Crippen molar-refractivity contribution < 1.29 is 9.72 Å². The Balaban J connectivity index is 1.35. The Labute approximate surface area is 220 Å². The molecule has 0 bridgehead atoms. The second-order valence-corrected chi connectivity index (χ2v) is 9.51. The van der Waals surface area contributed by atoms with Gasteiger partial charge in [-0.2, -0.15) is 0 Å². The van der Waals surface area contributed by atoms with Crippen molar-refractivity contribution in [3.05, 3.63) is 129 Å². The predicted molar refractivity (Wildman–Crippen MR) is 149 cm³/mol. The number of nitrogens with one attached hydrogen (secondary N) is 1. The molecule has 1 atom stereocenters. The molecule has 3 aromatic carbocycles. The van der Waals surface area contributed by atoms with Crippen molar-refractivity contribution in [3.8, 4) is 11.1 Å². The van der Waals surface area contributed by atoms with Gasteiger partial charge in [-0.05, 0) is 72.9 Å². The molecule has 0 aliphatic heterocycles. The number of aromatic nitrogens is 2. The topological polar surface area (TPSA) is 90.1 Å². The number of amides is 1. The van der Waals surface area contributed by atoms with Gasteiger partial charge in [0.25, 0.3) is 11.6 Å². The summed E-state index contributed by atoms with van der Waals surface area (Å²) in [6.45, 7) is 6.78. The molecule has 2 aromatic heterocycles. The molecule has 0 aliphatic carbocycles. The number of nitro benzene ring substituents is 1. The SMILES string of the molecule is Cc1c(C)n(Cc2ccc(-c3cccnc3)cc2)c2ccc(C(=O)NC(C)c3ccc([N+](=O)[O-])cc3)cc12. The molecule has 0 spiro atoms. The molecule has 2 heterocycles. The fourth-order valence-electron chi connectivity index (χ4n) is 4.76. The summed E-state index contributed by atoms with van der Waals surface area (Å²) in [5, 5.41) is 15.0. The van der Waals surface area contributed by atoms with E-state index in [1.165, 1.54) is 17.7 Å². The molecular weight excluding hydrogens is 476 g/mol. The highest BCUT2D eigenvalue weighted by Gasteiger charge is 2.17. The molecule has 1 unspecified atom stereocenters. The van der Waals surface area contributed by atoms with Crippen molar-refractivity contribution in [3.63, 3.8) is 0 Å². The summed E-state index contributed by atoms with van der Waals surface area (Å²) in [6, 6.07) is 24.3. The Bertz CT molecular complexity index is 1620. The minimum Gasteiger partial charge on any atom is -0.346 e. The van der Waals surface area contributed by atoms with Crippen LogP contribution in [0.4, 0.5) is 5.69 Å². The van der Waals surface area contributed by atoms with Crippen molar-refractivity contribution in [1.29, 1.82) is 0 Å². The second kappa shape index (κ2) is 10.3. The molecule has 5 aromatic rings. The maximum atomic E-state index is 13.1. The van der Waals surface area contributed by atoms with Crippen molar-refractivity contribution in [2.24, 2.45) is 0 Å². The van der Waals surface area contributed by atoms with E-state index in [1.807, 2.05) is 37.4 Å². The van der Waals surface area contributed by atoms with E-state index < -0.39 is 4.92 Å². The Morgan fingerprint density at radius 3 is 2.39 bits per heavy atom. The van der Waals surface area contributed by atoms with E-state index >= 15 is 0 Å². The minimum atomic E-state index is -0.434. The van der Waals surface area contributed by atoms with Gasteiger partial charge in [0.15, 0.2) is 0 Å². The molecule has 0 saturated heterocycles.